The average Bonchev–Trinajstić information content (AvgIpc) is 2.45. The fourth-order valence-electron chi connectivity index (χ4n) is 4.26. The predicted molar refractivity (Wildman–Crippen MR) is 88.1 cm³/mol. The maximum Gasteiger partial charge on any atom is 0.00954 e. The molecule has 1 saturated heterocycles. The van der Waals surface area contributed by atoms with Gasteiger partial charge in [-0.15, -0.1) is 0 Å². The molecule has 2 heteroatoms. The number of nitrogens with zero attached hydrogens (tertiary/aromatic N) is 1. The summed E-state index contributed by atoms with van der Waals surface area (Å²) in [6.07, 6.45) is 12.7. The third kappa shape index (κ3) is 4.73. The van der Waals surface area contributed by atoms with E-state index in [-0.39, 0.29) is 0 Å². The lowest BCUT2D eigenvalue weighted by Gasteiger charge is -2.40. The van der Waals surface area contributed by atoms with Gasteiger partial charge >= 0.3 is 0 Å². The van der Waals surface area contributed by atoms with Crippen LogP contribution in [0.25, 0.3) is 0 Å². The summed E-state index contributed by atoms with van der Waals surface area (Å²) in [4.78, 5) is 2.84. The van der Waals surface area contributed by atoms with Crippen LogP contribution in [-0.2, 0) is 0 Å². The molecule has 1 N–H and O–H groups in total. The molecule has 0 radical (unpaired) electrons. The van der Waals surface area contributed by atoms with Gasteiger partial charge in [0.25, 0.3) is 0 Å². The van der Waals surface area contributed by atoms with E-state index in [2.05, 4.69) is 31.0 Å². The van der Waals surface area contributed by atoms with E-state index in [1.54, 1.807) is 0 Å². The molecule has 0 amide bonds. The largest absolute Gasteiger partial charge is 0.311 e. The Bertz CT molecular complexity index is 258. The van der Waals surface area contributed by atoms with E-state index >= 15 is 0 Å². The quantitative estimate of drug-likeness (QED) is 0.830. The predicted octanol–water partition coefficient (Wildman–Crippen LogP) is 4.20. The van der Waals surface area contributed by atoms with Gasteiger partial charge in [0.15, 0.2) is 0 Å². The summed E-state index contributed by atoms with van der Waals surface area (Å²) in [5, 5.41) is 3.79. The molecule has 0 aromatic heterocycles. The Labute approximate surface area is 126 Å². The minimum absolute atomic E-state index is 0.694. The van der Waals surface area contributed by atoms with Crippen LogP contribution in [0.4, 0.5) is 0 Å². The number of rotatable bonds is 4. The smallest absolute Gasteiger partial charge is 0.00954 e. The second-order valence-corrected chi connectivity index (χ2v) is 7.25. The Morgan fingerprint density at radius 2 is 1.65 bits per heavy atom. The van der Waals surface area contributed by atoms with Gasteiger partial charge in [0.2, 0.25) is 0 Å². The van der Waals surface area contributed by atoms with E-state index in [1.165, 1.54) is 70.9 Å². The highest BCUT2D eigenvalue weighted by Crippen LogP contribution is 2.31. The van der Waals surface area contributed by atoms with Gasteiger partial charge < -0.3 is 10.2 Å². The van der Waals surface area contributed by atoms with Crippen molar-refractivity contribution in [2.75, 3.05) is 13.1 Å². The molecule has 1 aliphatic carbocycles. The first-order valence-electron chi connectivity index (χ1n) is 9.23. The van der Waals surface area contributed by atoms with Crippen molar-refractivity contribution in [3.63, 3.8) is 0 Å². The fourth-order valence-corrected chi connectivity index (χ4v) is 4.26. The molecule has 1 aliphatic heterocycles. The first-order valence-corrected chi connectivity index (χ1v) is 9.23. The zero-order valence-corrected chi connectivity index (χ0v) is 14.0. The molecule has 0 aromatic rings. The van der Waals surface area contributed by atoms with Crippen LogP contribution in [0, 0.1) is 5.92 Å². The lowest BCUT2D eigenvalue weighted by atomic mass is 9.82. The van der Waals surface area contributed by atoms with Crippen molar-refractivity contribution in [2.45, 2.75) is 96.7 Å². The van der Waals surface area contributed by atoms with Gasteiger partial charge in [-0.25, -0.2) is 0 Å². The van der Waals surface area contributed by atoms with Crippen molar-refractivity contribution in [1.82, 2.24) is 10.2 Å². The minimum Gasteiger partial charge on any atom is -0.311 e. The summed E-state index contributed by atoms with van der Waals surface area (Å²) in [7, 11) is 0. The van der Waals surface area contributed by atoms with Gasteiger partial charge in [-0.2, -0.15) is 0 Å². The van der Waals surface area contributed by atoms with Crippen LogP contribution in [0.2, 0.25) is 0 Å². The van der Waals surface area contributed by atoms with E-state index in [1.807, 2.05) is 0 Å². The monoisotopic (exact) mass is 280 g/mol. The average molecular weight is 281 g/mol. The SMILES string of the molecule is CCCC1CCC(N2CCC(C)NC(CC)CC2)CC1. The minimum atomic E-state index is 0.694. The molecule has 20 heavy (non-hydrogen) atoms. The summed E-state index contributed by atoms with van der Waals surface area (Å²) < 4.78 is 0. The highest BCUT2D eigenvalue weighted by molar-refractivity contribution is 4.84. The zero-order valence-electron chi connectivity index (χ0n) is 14.0. The highest BCUT2D eigenvalue weighted by Gasteiger charge is 2.27. The van der Waals surface area contributed by atoms with Crippen LogP contribution >= 0.6 is 0 Å². The molecule has 2 fully saturated rings. The van der Waals surface area contributed by atoms with Crippen LogP contribution in [0.1, 0.15) is 78.6 Å². The second kappa shape index (κ2) is 8.38. The molecule has 0 bridgehead atoms. The lowest BCUT2D eigenvalue weighted by Crippen LogP contribution is -2.47. The van der Waals surface area contributed by atoms with Crippen molar-refractivity contribution in [2.24, 2.45) is 5.92 Å². The Morgan fingerprint density at radius 3 is 2.30 bits per heavy atom. The highest BCUT2D eigenvalue weighted by atomic mass is 15.2. The first-order chi connectivity index (χ1) is 9.72. The third-order valence-corrected chi connectivity index (χ3v) is 5.66. The van der Waals surface area contributed by atoms with Crippen LogP contribution in [-0.4, -0.2) is 36.1 Å². The van der Waals surface area contributed by atoms with E-state index in [4.69, 9.17) is 0 Å². The van der Waals surface area contributed by atoms with E-state index in [9.17, 15) is 0 Å². The number of hydrogen-bond donors (Lipinski definition) is 1. The van der Waals surface area contributed by atoms with Crippen LogP contribution < -0.4 is 5.32 Å². The van der Waals surface area contributed by atoms with Gasteiger partial charge in [-0.05, 0) is 70.9 Å². The summed E-state index contributed by atoms with van der Waals surface area (Å²) in [5.41, 5.74) is 0. The molecule has 2 rings (SSSR count). The lowest BCUT2D eigenvalue weighted by molar-refractivity contribution is 0.112. The molecule has 2 aliphatic rings. The molecule has 118 valence electrons. The Hall–Kier alpha value is -0.0800. The Balaban J connectivity index is 1.82. The van der Waals surface area contributed by atoms with Gasteiger partial charge in [-0.1, -0.05) is 26.7 Å². The second-order valence-electron chi connectivity index (χ2n) is 7.25. The van der Waals surface area contributed by atoms with Crippen LogP contribution in [0.5, 0.6) is 0 Å². The molecule has 0 aromatic carbocycles. The normalized spacial score (nSPS) is 37.4. The van der Waals surface area contributed by atoms with Crippen LogP contribution in [0.3, 0.4) is 0 Å². The molecule has 2 nitrogen and oxygen atoms in total. The molecule has 0 spiro atoms. The van der Waals surface area contributed by atoms with Crippen molar-refractivity contribution >= 4 is 0 Å². The first kappa shape index (κ1) is 16.3. The topological polar surface area (TPSA) is 15.3 Å². The molecular formula is C18H36N2. The Morgan fingerprint density at radius 1 is 0.950 bits per heavy atom. The number of nitrogens with one attached hydrogen (secondary N) is 1. The van der Waals surface area contributed by atoms with Crippen molar-refractivity contribution in [3.8, 4) is 0 Å². The molecular weight excluding hydrogens is 244 g/mol. The van der Waals surface area contributed by atoms with Crippen LogP contribution in [0.15, 0.2) is 0 Å². The van der Waals surface area contributed by atoms with Crippen molar-refractivity contribution < 1.29 is 0 Å². The zero-order chi connectivity index (χ0) is 14.4. The molecule has 2 atom stereocenters. The third-order valence-electron chi connectivity index (χ3n) is 5.66. The summed E-state index contributed by atoms with van der Waals surface area (Å²) >= 11 is 0. The van der Waals surface area contributed by atoms with Gasteiger partial charge in [0.1, 0.15) is 0 Å². The maximum absolute atomic E-state index is 3.79. The van der Waals surface area contributed by atoms with E-state index in [0.29, 0.717) is 6.04 Å². The van der Waals surface area contributed by atoms with Gasteiger partial charge in [0.05, 0.1) is 0 Å². The molecule has 2 unspecified atom stereocenters. The molecule has 1 heterocycles. The number of hydrogen-bond acceptors (Lipinski definition) is 2. The summed E-state index contributed by atoms with van der Waals surface area (Å²) in [6.45, 7) is 9.66. The van der Waals surface area contributed by atoms with E-state index in [0.717, 1.165) is 18.0 Å². The summed E-state index contributed by atoms with van der Waals surface area (Å²) in [6, 6.07) is 2.33. The van der Waals surface area contributed by atoms with Gasteiger partial charge in [-0.3, -0.25) is 0 Å². The van der Waals surface area contributed by atoms with Crippen molar-refractivity contribution in [1.29, 1.82) is 0 Å². The van der Waals surface area contributed by atoms with Crippen molar-refractivity contribution in [3.05, 3.63) is 0 Å². The molecule has 1 saturated carbocycles. The maximum atomic E-state index is 3.79. The standard InChI is InChI=1S/C18H36N2/c1-4-6-16-7-9-18(10-8-16)20-13-11-15(3)19-17(5-2)12-14-20/h15-19H,4-14H2,1-3H3. The fraction of sp³-hybridized carbons (Fsp3) is 1.00. The van der Waals surface area contributed by atoms with E-state index < -0.39 is 0 Å². The summed E-state index contributed by atoms with van der Waals surface area (Å²) in [5.74, 6) is 1.04. The Kier molecular flexibility index (Phi) is 6.83. The van der Waals surface area contributed by atoms with Gasteiger partial charge in [0, 0.05) is 18.1 Å².